The topological polar surface area (TPSA) is 34.4 Å². The molecule has 1 aromatic carbocycles. The van der Waals surface area contributed by atoms with Gasteiger partial charge < -0.3 is 0 Å². The predicted octanol–water partition coefficient (Wildman–Crippen LogP) is 3.12. The lowest BCUT2D eigenvalue weighted by atomic mass is 10.3. The van der Waals surface area contributed by atoms with Crippen LogP contribution in [0.25, 0.3) is 10.2 Å². The first-order valence-corrected chi connectivity index (χ1v) is 5.91. The molecular weight excluding hydrogens is 259 g/mol. The molecule has 0 fully saturated rings. The van der Waals surface area contributed by atoms with E-state index >= 15 is 0 Å². The molecule has 3 nitrogen and oxygen atoms in total. The van der Waals surface area contributed by atoms with Crippen LogP contribution in [-0.2, 0) is 6.54 Å². The Labute approximate surface area is 106 Å². The van der Waals surface area contributed by atoms with Crippen molar-refractivity contribution in [3.05, 3.63) is 40.3 Å². The fourth-order valence-corrected chi connectivity index (χ4v) is 2.52. The number of rotatable bonds is 3. The first-order chi connectivity index (χ1) is 8.17. The lowest BCUT2D eigenvalue weighted by Gasteiger charge is -2.00. The average molecular weight is 266 g/mol. The number of allylic oxidation sites excluding steroid dienone is 1. The number of fused-ring (bicyclic) bond motifs is 1. The van der Waals surface area contributed by atoms with E-state index in [4.69, 9.17) is 0 Å². The molecule has 0 atom stereocenters. The van der Waals surface area contributed by atoms with Crippen molar-refractivity contribution in [3.63, 3.8) is 0 Å². The zero-order chi connectivity index (χ0) is 12.4. The number of aromatic nitrogens is 1. The quantitative estimate of drug-likeness (QED) is 0.486. The van der Waals surface area contributed by atoms with Crippen LogP contribution in [0.15, 0.2) is 34.6 Å². The van der Waals surface area contributed by atoms with Crippen molar-refractivity contribution in [2.45, 2.75) is 6.54 Å². The second-order valence-corrected chi connectivity index (χ2v) is 4.42. The maximum absolute atomic E-state index is 13.5. The number of nitrogens with zero attached hydrogens (tertiary/aromatic N) is 2. The molecule has 2 rings (SSSR count). The van der Waals surface area contributed by atoms with Crippen LogP contribution < -0.4 is 4.87 Å². The standard InChI is InChI=1S/C11H7FN2OS2/c1-2-3-14-9-5-8(13-6-16)7(12)4-10(9)17-11(14)15/h2,4-5H,1,3H2. The van der Waals surface area contributed by atoms with Gasteiger partial charge in [-0.25, -0.2) is 4.39 Å². The Kier molecular flexibility index (Phi) is 3.28. The molecule has 86 valence electrons. The van der Waals surface area contributed by atoms with E-state index in [1.54, 1.807) is 6.08 Å². The number of hydrogen-bond donors (Lipinski definition) is 0. The lowest BCUT2D eigenvalue weighted by Crippen LogP contribution is -2.10. The van der Waals surface area contributed by atoms with Gasteiger partial charge >= 0.3 is 4.87 Å². The molecule has 0 saturated heterocycles. The summed E-state index contributed by atoms with van der Waals surface area (Å²) < 4.78 is 15.6. The van der Waals surface area contributed by atoms with Crippen LogP contribution >= 0.6 is 23.6 Å². The number of aliphatic imine (C=N–C) groups is 1. The van der Waals surface area contributed by atoms with Crippen molar-refractivity contribution < 1.29 is 4.39 Å². The molecule has 0 aliphatic rings. The normalized spacial score (nSPS) is 10.2. The average Bonchev–Trinajstić information content (AvgIpc) is 2.57. The minimum absolute atomic E-state index is 0.0862. The highest BCUT2D eigenvalue weighted by atomic mass is 32.1. The van der Waals surface area contributed by atoms with Gasteiger partial charge in [0.05, 0.1) is 15.4 Å². The third-order valence-electron chi connectivity index (χ3n) is 2.21. The molecule has 1 heterocycles. The number of thiocarbonyl (C=S) groups is 1. The molecule has 0 unspecified atom stereocenters. The highest BCUT2D eigenvalue weighted by molar-refractivity contribution is 7.78. The zero-order valence-electron chi connectivity index (χ0n) is 8.64. The second-order valence-electron chi connectivity index (χ2n) is 3.24. The third kappa shape index (κ3) is 2.10. The molecule has 17 heavy (non-hydrogen) atoms. The monoisotopic (exact) mass is 266 g/mol. The number of thiazole rings is 1. The Hall–Kier alpha value is -1.62. The summed E-state index contributed by atoms with van der Waals surface area (Å²) in [5.41, 5.74) is 0.716. The first kappa shape index (κ1) is 11.9. The van der Waals surface area contributed by atoms with Crippen LogP contribution in [0.5, 0.6) is 0 Å². The molecule has 0 aliphatic heterocycles. The Morgan fingerprint density at radius 3 is 3.06 bits per heavy atom. The summed E-state index contributed by atoms with van der Waals surface area (Å²) in [6, 6.07) is 2.78. The smallest absolute Gasteiger partial charge is 0.295 e. The van der Waals surface area contributed by atoms with E-state index in [2.05, 4.69) is 29.0 Å². The lowest BCUT2D eigenvalue weighted by molar-refractivity contribution is 0.632. The maximum atomic E-state index is 13.5. The van der Waals surface area contributed by atoms with Gasteiger partial charge in [0.2, 0.25) is 0 Å². The Bertz CT molecular complexity index is 695. The van der Waals surface area contributed by atoms with E-state index in [-0.39, 0.29) is 10.6 Å². The van der Waals surface area contributed by atoms with Gasteiger partial charge in [0.1, 0.15) is 5.69 Å². The molecule has 0 aliphatic carbocycles. The van der Waals surface area contributed by atoms with Gasteiger partial charge in [0, 0.05) is 6.54 Å². The summed E-state index contributed by atoms with van der Waals surface area (Å²) in [5, 5.41) is 2.11. The third-order valence-corrected chi connectivity index (χ3v) is 3.25. The summed E-state index contributed by atoms with van der Waals surface area (Å²) in [4.78, 5) is 15.1. The van der Waals surface area contributed by atoms with Gasteiger partial charge in [-0.3, -0.25) is 9.36 Å². The van der Waals surface area contributed by atoms with E-state index in [0.29, 0.717) is 16.8 Å². The first-order valence-electron chi connectivity index (χ1n) is 4.69. The summed E-state index contributed by atoms with van der Waals surface area (Å²) >= 11 is 5.43. The van der Waals surface area contributed by atoms with E-state index in [0.717, 1.165) is 11.3 Å². The van der Waals surface area contributed by atoms with E-state index < -0.39 is 5.82 Å². The predicted molar refractivity (Wildman–Crippen MR) is 70.9 cm³/mol. The Morgan fingerprint density at radius 1 is 1.65 bits per heavy atom. The van der Waals surface area contributed by atoms with Crippen molar-refractivity contribution in [3.8, 4) is 0 Å². The van der Waals surface area contributed by atoms with Crippen molar-refractivity contribution >= 4 is 44.6 Å². The molecular formula is C11H7FN2OS2. The molecule has 6 heteroatoms. The minimum atomic E-state index is -0.512. The van der Waals surface area contributed by atoms with Crippen molar-refractivity contribution in [1.29, 1.82) is 0 Å². The highest BCUT2D eigenvalue weighted by Gasteiger charge is 2.10. The second kappa shape index (κ2) is 4.71. The van der Waals surface area contributed by atoms with Gasteiger partial charge in [-0.15, -0.1) is 6.58 Å². The van der Waals surface area contributed by atoms with E-state index in [1.165, 1.54) is 16.7 Å². The number of isothiocyanates is 1. The maximum Gasteiger partial charge on any atom is 0.308 e. The van der Waals surface area contributed by atoms with Crippen molar-refractivity contribution in [2.24, 2.45) is 4.99 Å². The van der Waals surface area contributed by atoms with Gasteiger partial charge in [-0.2, -0.15) is 4.99 Å². The summed E-state index contributed by atoms with van der Waals surface area (Å²) in [6.07, 6.45) is 1.61. The van der Waals surface area contributed by atoms with Crippen LogP contribution in [0, 0.1) is 5.82 Å². The molecule has 0 saturated carbocycles. The Morgan fingerprint density at radius 2 is 2.41 bits per heavy atom. The molecule has 0 N–H and O–H groups in total. The van der Waals surface area contributed by atoms with Gasteiger partial charge in [-0.1, -0.05) is 17.4 Å². The van der Waals surface area contributed by atoms with Gasteiger partial charge in [0.15, 0.2) is 5.82 Å². The largest absolute Gasteiger partial charge is 0.308 e. The zero-order valence-corrected chi connectivity index (χ0v) is 10.3. The van der Waals surface area contributed by atoms with Crippen LogP contribution in [0.4, 0.5) is 10.1 Å². The number of benzene rings is 1. The molecule has 1 aromatic heterocycles. The number of hydrogen-bond acceptors (Lipinski definition) is 4. The molecule has 0 bridgehead atoms. The van der Waals surface area contributed by atoms with Gasteiger partial charge in [0.25, 0.3) is 0 Å². The van der Waals surface area contributed by atoms with Crippen LogP contribution in [-0.4, -0.2) is 9.73 Å². The fraction of sp³-hybridized carbons (Fsp3) is 0.0909. The van der Waals surface area contributed by atoms with Crippen molar-refractivity contribution in [1.82, 2.24) is 4.57 Å². The molecule has 0 spiro atoms. The van der Waals surface area contributed by atoms with Crippen LogP contribution in [0.2, 0.25) is 0 Å². The van der Waals surface area contributed by atoms with E-state index in [1.807, 2.05) is 0 Å². The van der Waals surface area contributed by atoms with E-state index in [9.17, 15) is 9.18 Å². The van der Waals surface area contributed by atoms with Crippen LogP contribution in [0.3, 0.4) is 0 Å². The van der Waals surface area contributed by atoms with Gasteiger partial charge in [-0.05, 0) is 24.4 Å². The van der Waals surface area contributed by atoms with Crippen molar-refractivity contribution in [2.75, 3.05) is 0 Å². The fourth-order valence-electron chi connectivity index (χ4n) is 1.51. The molecule has 0 radical (unpaired) electrons. The highest BCUT2D eigenvalue weighted by Crippen LogP contribution is 2.26. The minimum Gasteiger partial charge on any atom is -0.295 e. The summed E-state index contributed by atoms with van der Waals surface area (Å²) in [6.45, 7) is 3.96. The van der Waals surface area contributed by atoms with Crippen LogP contribution in [0.1, 0.15) is 0 Å². The SMILES string of the molecule is C=CCn1c(=O)sc2cc(F)c(N=C=S)cc21. The summed E-state index contributed by atoms with van der Waals surface area (Å²) in [7, 11) is 0. The molecule has 0 amide bonds. The Balaban J connectivity index is 2.80. The number of halogens is 1. The molecule has 2 aromatic rings. The summed E-state index contributed by atoms with van der Waals surface area (Å²) in [5.74, 6) is -0.512.